The Morgan fingerprint density at radius 1 is 1.30 bits per heavy atom. The number of fused-ring (bicyclic) bond motifs is 1. The first-order valence-electron chi connectivity index (χ1n) is 7.95. The van der Waals surface area contributed by atoms with Gasteiger partial charge in [-0.25, -0.2) is 0 Å². The molecule has 5 heteroatoms. The van der Waals surface area contributed by atoms with Gasteiger partial charge in [-0.1, -0.05) is 18.2 Å². The molecule has 0 aliphatic heterocycles. The number of ether oxygens (including phenoxy) is 1. The van der Waals surface area contributed by atoms with Crippen molar-refractivity contribution in [2.24, 2.45) is 0 Å². The van der Waals surface area contributed by atoms with Crippen molar-refractivity contribution >= 4 is 16.9 Å². The number of hydrogen-bond donors (Lipinski definition) is 1. The van der Waals surface area contributed by atoms with Crippen molar-refractivity contribution in [3.63, 3.8) is 0 Å². The van der Waals surface area contributed by atoms with Gasteiger partial charge in [0.15, 0.2) is 5.76 Å². The number of para-hydroxylation sites is 1. The average molecular weight is 319 g/mol. The molecular weight excluding hydrogens is 294 g/mol. The number of nitrogens with zero attached hydrogens (tertiary/aromatic N) is 1. The quantitative estimate of drug-likeness (QED) is 0.851. The van der Waals surface area contributed by atoms with E-state index in [9.17, 15) is 9.90 Å². The Hall–Kier alpha value is -1.85. The molecular formula is C18H25NO4. The molecule has 0 fully saturated rings. The van der Waals surface area contributed by atoms with Crippen molar-refractivity contribution in [2.45, 2.75) is 46.0 Å². The highest BCUT2D eigenvalue weighted by Crippen LogP contribution is 2.28. The number of hydrogen-bond acceptors (Lipinski definition) is 4. The van der Waals surface area contributed by atoms with E-state index in [4.69, 9.17) is 9.15 Å². The molecule has 0 radical (unpaired) electrons. The van der Waals surface area contributed by atoms with E-state index in [1.165, 1.54) is 0 Å². The highest BCUT2D eigenvalue weighted by atomic mass is 16.5. The normalized spacial score (nSPS) is 12.8. The Balaban J connectivity index is 2.30. The molecule has 0 spiro atoms. The maximum absolute atomic E-state index is 12.7. The summed E-state index contributed by atoms with van der Waals surface area (Å²) in [4.78, 5) is 14.3. The van der Waals surface area contributed by atoms with Gasteiger partial charge < -0.3 is 19.2 Å². The highest BCUT2D eigenvalue weighted by molar-refractivity contribution is 5.98. The zero-order chi connectivity index (χ0) is 17.0. The van der Waals surface area contributed by atoms with Crippen molar-refractivity contribution in [3.8, 4) is 0 Å². The molecule has 23 heavy (non-hydrogen) atoms. The SMILES string of the molecule is CC(O)CCN(C)C(=O)c1oc2ccccc2c1COC(C)C. The lowest BCUT2D eigenvalue weighted by Crippen LogP contribution is -2.29. The van der Waals surface area contributed by atoms with Gasteiger partial charge in [0, 0.05) is 24.5 Å². The molecule has 2 aromatic rings. The number of benzene rings is 1. The van der Waals surface area contributed by atoms with Crippen LogP contribution in [0.5, 0.6) is 0 Å². The average Bonchev–Trinajstić information content (AvgIpc) is 2.88. The van der Waals surface area contributed by atoms with Crippen molar-refractivity contribution in [1.29, 1.82) is 0 Å². The molecule has 1 heterocycles. The minimum absolute atomic E-state index is 0.0691. The fourth-order valence-electron chi connectivity index (χ4n) is 2.32. The van der Waals surface area contributed by atoms with Crippen LogP contribution in [0.1, 0.15) is 43.3 Å². The number of carbonyl (C=O) groups is 1. The summed E-state index contributed by atoms with van der Waals surface area (Å²) in [5, 5.41) is 10.3. The third kappa shape index (κ3) is 4.33. The molecule has 1 N–H and O–H groups in total. The summed E-state index contributed by atoms with van der Waals surface area (Å²) in [6, 6.07) is 7.58. The molecule has 1 atom stereocenters. The summed E-state index contributed by atoms with van der Waals surface area (Å²) in [5.74, 6) is 0.129. The van der Waals surface area contributed by atoms with Gasteiger partial charge in [0.05, 0.1) is 18.8 Å². The molecule has 2 rings (SSSR count). The third-order valence-electron chi connectivity index (χ3n) is 3.68. The number of aliphatic hydroxyl groups is 1. The maximum atomic E-state index is 12.7. The number of carbonyl (C=O) groups excluding carboxylic acids is 1. The zero-order valence-electron chi connectivity index (χ0n) is 14.2. The van der Waals surface area contributed by atoms with Gasteiger partial charge >= 0.3 is 0 Å². The minimum Gasteiger partial charge on any atom is -0.451 e. The molecule has 1 unspecified atom stereocenters. The molecule has 0 saturated carbocycles. The molecule has 0 aliphatic rings. The van der Waals surface area contributed by atoms with Crippen LogP contribution in [-0.2, 0) is 11.3 Å². The largest absolute Gasteiger partial charge is 0.451 e. The summed E-state index contributed by atoms with van der Waals surface area (Å²) in [6.45, 7) is 6.43. The van der Waals surface area contributed by atoms with E-state index in [-0.39, 0.29) is 12.0 Å². The van der Waals surface area contributed by atoms with Crippen molar-refractivity contribution < 1.29 is 19.1 Å². The summed E-state index contributed by atoms with van der Waals surface area (Å²) in [6.07, 6.45) is 0.157. The second kappa shape index (κ2) is 7.62. The standard InChI is InChI=1S/C18H25NO4/c1-12(2)22-11-15-14-7-5-6-8-16(14)23-17(15)18(21)19(4)10-9-13(3)20/h5-8,12-13,20H,9-11H2,1-4H3. The van der Waals surface area contributed by atoms with Crippen LogP contribution in [-0.4, -0.2) is 41.7 Å². The lowest BCUT2D eigenvalue weighted by atomic mass is 10.1. The molecule has 126 valence electrons. The summed E-state index contributed by atoms with van der Waals surface area (Å²) in [7, 11) is 1.71. The van der Waals surface area contributed by atoms with E-state index in [0.29, 0.717) is 30.9 Å². The van der Waals surface area contributed by atoms with Gasteiger partial charge in [-0.05, 0) is 33.3 Å². The van der Waals surface area contributed by atoms with E-state index < -0.39 is 6.10 Å². The van der Waals surface area contributed by atoms with Gasteiger partial charge in [0.2, 0.25) is 0 Å². The number of amides is 1. The van der Waals surface area contributed by atoms with Crippen LogP contribution in [0.4, 0.5) is 0 Å². The maximum Gasteiger partial charge on any atom is 0.289 e. The second-order valence-corrected chi connectivity index (χ2v) is 6.13. The van der Waals surface area contributed by atoms with Crippen LogP contribution in [0.3, 0.4) is 0 Å². The topological polar surface area (TPSA) is 62.9 Å². The zero-order valence-corrected chi connectivity index (χ0v) is 14.2. The number of rotatable bonds is 7. The van der Waals surface area contributed by atoms with Gasteiger partial charge in [0.25, 0.3) is 5.91 Å². The number of aliphatic hydroxyl groups excluding tert-OH is 1. The molecule has 1 amide bonds. The van der Waals surface area contributed by atoms with E-state index in [0.717, 1.165) is 10.9 Å². The lowest BCUT2D eigenvalue weighted by Gasteiger charge is -2.17. The van der Waals surface area contributed by atoms with Crippen LogP contribution in [0, 0.1) is 0 Å². The van der Waals surface area contributed by atoms with E-state index in [2.05, 4.69) is 0 Å². The summed E-state index contributed by atoms with van der Waals surface area (Å²) < 4.78 is 11.5. The summed E-state index contributed by atoms with van der Waals surface area (Å²) in [5.41, 5.74) is 1.46. The van der Waals surface area contributed by atoms with Gasteiger partial charge in [-0.2, -0.15) is 0 Å². The first-order valence-corrected chi connectivity index (χ1v) is 7.95. The fraction of sp³-hybridized carbons (Fsp3) is 0.500. The first kappa shape index (κ1) is 17.5. The van der Waals surface area contributed by atoms with Crippen LogP contribution in [0.25, 0.3) is 11.0 Å². The Kier molecular flexibility index (Phi) is 5.80. The second-order valence-electron chi connectivity index (χ2n) is 6.13. The van der Waals surface area contributed by atoms with E-state index in [1.54, 1.807) is 18.9 Å². The Labute approximate surface area is 136 Å². The number of furan rings is 1. The van der Waals surface area contributed by atoms with Crippen LogP contribution >= 0.6 is 0 Å². The first-order chi connectivity index (χ1) is 10.9. The van der Waals surface area contributed by atoms with E-state index >= 15 is 0 Å². The smallest absolute Gasteiger partial charge is 0.289 e. The fourth-order valence-corrected chi connectivity index (χ4v) is 2.32. The van der Waals surface area contributed by atoms with E-state index in [1.807, 2.05) is 38.1 Å². The van der Waals surface area contributed by atoms with Crippen LogP contribution < -0.4 is 0 Å². The monoisotopic (exact) mass is 319 g/mol. The highest BCUT2D eigenvalue weighted by Gasteiger charge is 2.23. The molecule has 0 saturated heterocycles. The molecule has 0 aliphatic carbocycles. The molecule has 5 nitrogen and oxygen atoms in total. The van der Waals surface area contributed by atoms with Gasteiger partial charge in [-0.3, -0.25) is 4.79 Å². The minimum atomic E-state index is -0.440. The Morgan fingerprint density at radius 3 is 2.65 bits per heavy atom. The third-order valence-corrected chi connectivity index (χ3v) is 3.68. The Morgan fingerprint density at radius 2 is 2.00 bits per heavy atom. The van der Waals surface area contributed by atoms with Crippen molar-refractivity contribution in [1.82, 2.24) is 4.90 Å². The van der Waals surface area contributed by atoms with Gasteiger partial charge in [0.1, 0.15) is 5.58 Å². The predicted molar refractivity (Wildman–Crippen MR) is 89.4 cm³/mol. The molecule has 1 aromatic carbocycles. The molecule has 0 bridgehead atoms. The predicted octanol–water partition coefficient (Wildman–Crippen LogP) is 3.20. The van der Waals surface area contributed by atoms with Crippen molar-refractivity contribution in [2.75, 3.05) is 13.6 Å². The van der Waals surface area contributed by atoms with Crippen molar-refractivity contribution in [3.05, 3.63) is 35.6 Å². The lowest BCUT2D eigenvalue weighted by molar-refractivity contribution is 0.0616. The van der Waals surface area contributed by atoms with Gasteiger partial charge in [-0.15, -0.1) is 0 Å². The van der Waals surface area contributed by atoms with Crippen LogP contribution in [0.2, 0.25) is 0 Å². The Bertz CT molecular complexity index is 660. The van der Waals surface area contributed by atoms with Crippen LogP contribution in [0.15, 0.2) is 28.7 Å². The summed E-state index contributed by atoms with van der Waals surface area (Å²) >= 11 is 0. The molecule has 1 aromatic heterocycles.